The van der Waals surface area contributed by atoms with Crippen LogP contribution in [-0.2, 0) is 4.79 Å². The van der Waals surface area contributed by atoms with Gasteiger partial charge in [-0.3, -0.25) is 4.79 Å². The molecule has 1 N–H and O–H groups in total. The number of benzene rings is 2. The fraction of sp³-hybridized carbons (Fsp3) is 0.111. The van der Waals surface area contributed by atoms with E-state index in [9.17, 15) is 9.59 Å². The molecule has 0 saturated carbocycles. The number of amides is 3. The molecular formula is C18H15ClN2O4. The molecule has 25 heavy (non-hydrogen) atoms. The van der Waals surface area contributed by atoms with E-state index in [-0.39, 0.29) is 5.70 Å². The van der Waals surface area contributed by atoms with Crippen molar-refractivity contribution in [1.29, 1.82) is 0 Å². The molecule has 6 nitrogen and oxygen atoms in total. The van der Waals surface area contributed by atoms with Gasteiger partial charge in [0.15, 0.2) is 11.5 Å². The number of halogens is 1. The SMILES string of the molecule is COc1cccc(/C=C2/NC(=O)N(c3cccc(Cl)c3)C2=O)c1OC. The molecule has 7 heteroatoms. The van der Waals surface area contributed by atoms with Crippen molar-refractivity contribution < 1.29 is 19.1 Å². The molecule has 0 atom stereocenters. The van der Waals surface area contributed by atoms with E-state index in [1.807, 2.05) is 0 Å². The van der Waals surface area contributed by atoms with Gasteiger partial charge in [0.05, 0.1) is 19.9 Å². The molecule has 1 aliphatic rings. The predicted molar refractivity (Wildman–Crippen MR) is 95.0 cm³/mol. The molecule has 0 aliphatic carbocycles. The number of rotatable bonds is 4. The van der Waals surface area contributed by atoms with Crippen molar-refractivity contribution in [2.75, 3.05) is 19.1 Å². The standard InChI is InChI=1S/C18H15ClN2O4/c1-24-15-8-3-5-11(16(15)25-2)9-14-17(22)21(18(23)20-14)13-7-4-6-12(19)10-13/h3-10H,1-2H3,(H,20,23)/b14-9+. The largest absolute Gasteiger partial charge is 0.493 e. The molecule has 0 bridgehead atoms. The summed E-state index contributed by atoms with van der Waals surface area (Å²) in [7, 11) is 3.03. The molecule has 0 unspecified atom stereocenters. The number of hydrogen-bond acceptors (Lipinski definition) is 4. The lowest BCUT2D eigenvalue weighted by molar-refractivity contribution is -0.113. The van der Waals surface area contributed by atoms with Crippen LogP contribution in [-0.4, -0.2) is 26.2 Å². The summed E-state index contributed by atoms with van der Waals surface area (Å²) < 4.78 is 10.6. The molecule has 1 heterocycles. The number of ether oxygens (including phenoxy) is 2. The number of methoxy groups -OCH3 is 2. The minimum Gasteiger partial charge on any atom is -0.493 e. The molecule has 2 aromatic carbocycles. The van der Waals surface area contributed by atoms with E-state index in [2.05, 4.69) is 5.32 Å². The summed E-state index contributed by atoms with van der Waals surface area (Å²) in [4.78, 5) is 25.9. The summed E-state index contributed by atoms with van der Waals surface area (Å²) in [5.41, 5.74) is 1.14. The average molecular weight is 359 g/mol. The number of nitrogens with one attached hydrogen (secondary N) is 1. The van der Waals surface area contributed by atoms with Gasteiger partial charge in [-0.25, -0.2) is 9.69 Å². The molecule has 2 aromatic rings. The lowest BCUT2D eigenvalue weighted by Crippen LogP contribution is -2.30. The third-order valence-electron chi connectivity index (χ3n) is 3.68. The summed E-state index contributed by atoms with van der Waals surface area (Å²) >= 11 is 5.94. The van der Waals surface area contributed by atoms with Crippen molar-refractivity contribution in [3.05, 3.63) is 58.7 Å². The maximum atomic E-state index is 12.6. The van der Waals surface area contributed by atoms with Crippen LogP contribution >= 0.6 is 11.6 Å². The zero-order valence-corrected chi connectivity index (χ0v) is 14.3. The highest BCUT2D eigenvalue weighted by Gasteiger charge is 2.35. The first-order valence-corrected chi connectivity index (χ1v) is 7.76. The lowest BCUT2D eigenvalue weighted by atomic mass is 10.1. The summed E-state index contributed by atoms with van der Waals surface area (Å²) in [6.45, 7) is 0. The van der Waals surface area contributed by atoms with Gasteiger partial charge in [0.2, 0.25) is 0 Å². The Bertz CT molecular complexity index is 879. The first-order valence-electron chi connectivity index (χ1n) is 7.39. The van der Waals surface area contributed by atoms with Crippen LogP contribution in [0.4, 0.5) is 10.5 Å². The first kappa shape index (κ1) is 16.9. The number of carbonyl (C=O) groups is 2. The number of carbonyl (C=O) groups excluding carboxylic acids is 2. The topological polar surface area (TPSA) is 67.9 Å². The fourth-order valence-corrected chi connectivity index (χ4v) is 2.75. The van der Waals surface area contributed by atoms with Gasteiger partial charge in [0.25, 0.3) is 5.91 Å². The number of urea groups is 1. The third-order valence-corrected chi connectivity index (χ3v) is 3.91. The molecule has 1 saturated heterocycles. The molecule has 0 spiro atoms. The second-order valence-corrected chi connectivity index (χ2v) is 5.63. The van der Waals surface area contributed by atoms with Crippen molar-refractivity contribution >= 4 is 35.3 Å². The van der Waals surface area contributed by atoms with E-state index in [4.69, 9.17) is 21.1 Å². The first-order chi connectivity index (χ1) is 12.0. The highest BCUT2D eigenvalue weighted by molar-refractivity contribution is 6.32. The molecular weight excluding hydrogens is 344 g/mol. The molecule has 1 aliphatic heterocycles. The average Bonchev–Trinajstić information content (AvgIpc) is 2.88. The van der Waals surface area contributed by atoms with Gasteiger partial charge in [-0.05, 0) is 30.3 Å². The van der Waals surface area contributed by atoms with Crippen LogP contribution < -0.4 is 19.7 Å². The van der Waals surface area contributed by atoms with Crippen molar-refractivity contribution in [1.82, 2.24) is 5.32 Å². The molecule has 3 amide bonds. The maximum absolute atomic E-state index is 12.6. The Morgan fingerprint density at radius 1 is 1.08 bits per heavy atom. The van der Waals surface area contributed by atoms with E-state index in [0.29, 0.717) is 27.8 Å². The van der Waals surface area contributed by atoms with Gasteiger partial charge in [0.1, 0.15) is 5.70 Å². The quantitative estimate of drug-likeness (QED) is 0.671. The van der Waals surface area contributed by atoms with Crippen molar-refractivity contribution in [2.45, 2.75) is 0 Å². The highest BCUT2D eigenvalue weighted by Crippen LogP contribution is 2.33. The van der Waals surface area contributed by atoms with Gasteiger partial charge in [-0.15, -0.1) is 0 Å². The number of nitrogens with zero attached hydrogens (tertiary/aromatic N) is 1. The van der Waals surface area contributed by atoms with Crippen LogP contribution in [0.2, 0.25) is 5.02 Å². The van der Waals surface area contributed by atoms with E-state index in [1.165, 1.54) is 14.2 Å². The zero-order valence-electron chi connectivity index (χ0n) is 13.6. The minimum atomic E-state index is -0.541. The van der Waals surface area contributed by atoms with Crippen molar-refractivity contribution in [3.63, 3.8) is 0 Å². The van der Waals surface area contributed by atoms with Gasteiger partial charge in [0, 0.05) is 10.6 Å². The van der Waals surface area contributed by atoms with Gasteiger partial charge in [-0.1, -0.05) is 29.8 Å². The molecule has 128 valence electrons. The third kappa shape index (κ3) is 3.16. The number of hydrogen-bond donors (Lipinski definition) is 1. The second-order valence-electron chi connectivity index (χ2n) is 5.19. The van der Waals surface area contributed by atoms with Crippen LogP contribution in [0.3, 0.4) is 0 Å². The van der Waals surface area contributed by atoms with Crippen LogP contribution in [0.1, 0.15) is 5.56 Å². The van der Waals surface area contributed by atoms with Crippen LogP contribution in [0.25, 0.3) is 6.08 Å². The summed E-state index contributed by atoms with van der Waals surface area (Å²) in [6.07, 6.45) is 1.55. The molecule has 0 aromatic heterocycles. The fourth-order valence-electron chi connectivity index (χ4n) is 2.57. The van der Waals surface area contributed by atoms with Crippen LogP contribution in [0.15, 0.2) is 48.2 Å². The summed E-state index contributed by atoms with van der Waals surface area (Å²) in [5, 5.41) is 3.00. The normalized spacial score (nSPS) is 15.5. The van der Waals surface area contributed by atoms with E-state index in [0.717, 1.165) is 4.90 Å². The summed E-state index contributed by atoms with van der Waals surface area (Å²) in [6, 6.07) is 11.3. The second kappa shape index (κ2) is 6.86. The van der Waals surface area contributed by atoms with Gasteiger partial charge < -0.3 is 14.8 Å². The minimum absolute atomic E-state index is 0.136. The number of para-hydroxylation sites is 1. The predicted octanol–water partition coefficient (Wildman–Crippen LogP) is 3.45. The Hall–Kier alpha value is -2.99. The highest BCUT2D eigenvalue weighted by atomic mass is 35.5. The molecule has 3 rings (SSSR count). The Morgan fingerprint density at radius 2 is 1.84 bits per heavy atom. The van der Waals surface area contributed by atoms with Crippen molar-refractivity contribution in [2.24, 2.45) is 0 Å². The van der Waals surface area contributed by atoms with E-state index in [1.54, 1.807) is 48.5 Å². The van der Waals surface area contributed by atoms with E-state index < -0.39 is 11.9 Å². The maximum Gasteiger partial charge on any atom is 0.333 e. The van der Waals surface area contributed by atoms with Crippen molar-refractivity contribution in [3.8, 4) is 11.5 Å². The molecule has 1 fully saturated rings. The zero-order chi connectivity index (χ0) is 18.0. The Morgan fingerprint density at radius 3 is 2.52 bits per heavy atom. The summed E-state index contributed by atoms with van der Waals surface area (Å²) in [5.74, 6) is 0.526. The van der Waals surface area contributed by atoms with Gasteiger partial charge in [-0.2, -0.15) is 0 Å². The number of anilines is 1. The van der Waals surface area contributed by atoms with Gasteiger partial charge >= 0.3 is 6.03 Å². The molecule has 0 radical (unpaired) electrons. The monoisotopic (exact) mass is 358 g/mol. The van der Waals surface area contributed by atoms with Crippen LogP contribution in [0, 0.1) is 0 Å². The van der Waals surface area contributed by atoms with Crippen LogP contribution in [0.5, 0.6) is 11.5 Å². The van der Waals surface area contributed by atoms with E-state index >= 15 is 0 Å². The smallest absolute Gasteiger partial charge is 0.333 e. The Labute approximate surface area is 149 Å². The Balaban J connectivity index is 1.99. The number of imide groups is 1. The lowest BCUT2D eigenvalue weighted by Gasteiger charge is -2.12. The Kier molecular flexibility index (Phi) is 4.63.